The second kappa shape index (κ2) is 4.24. The van der Waals surface area contributed by atoms with E-state index in [1.54, 1.807) is 20.8 Å². The lowest BCUT2D eigenvalue weighted by Gasteiger charge is -2.25. The molecule has 0 rings (SSSR count). The van der Waals surface area contributed by atoms with Gasteiger partial charge in [-0.3, -0.25) is 14.7 Å². The molecule has 0 saturated carbocycles. The van der Waals surface area contributed by atoms with Crippen LogP contribution in [0.5, 0.6) is 0 Å². The van der Waals surface area contributed by atoms with Crippen molar-refractivity contribution in [3.8, 4) is 0 Å². The first kappa shape index (κ1) is 13.3. The first-order valence-electron chi connectivity index (χ1n) is 3.97. The van der Waals surface area contributed by atoms with E-state index in [2.05, 4.69) is 5.32 Å². The number of carboxylic acids is 1. The molecular weight excluding hydrogens is 210 g/mol. The maximum absolute atomic E-state index is 10.6. The standard InChI is InChI=1S/C7H15NO5S/c1-7(2,3)8-5(6(9)10)4-14(11,12)13/h5,8H,4H2,1-3H3,(H,9,10)(H,11,12,13). The van der Waals surface area contributed by atoms with Gasteiger partial charge >= 0.3 is 5.97 Å². The van der Waals surface area contributed by atoms with Gasteiger partial charge in [0.05, 0.1) is 0 Å². The summed E-state index contributed by atoms with van der Waals surface area (Å²) in [6, 6.07) is -1.30. The topological polar surface area (TPSA) is 104 Å². The van der Waals surface area contributed by atoms with Crippen LogP contribution in [-0.4, -0.2) is 41.4 Å². The Labute approximate surface area is 83.1 Å². The molecule has 6 nitrogen and oxygen atoms in total. The first-order chi connectivity index (χ1) is 6.01. The number of nitrogens with one attached hydrogen (secondary N) is 1. The summed E-state index contributed by atoms with van der Waals surface area (Å²) in [4.78, 5) is 10.6. The molecule has 0 radical (unpaired) electrons. The van der Waals surface area contributed by atoms with Gasteiger partial charge in [0, 0.05) is 5.54 Å². The summed E-state index contributed by atoms with van der Waals surface area (Å²) < 4.78 is 29.5. The third-order valence-electron chi connectivity index (χ3n) is 1.28. The van der Waals surface area contributed by atoms with E-state index in [-0.39, 0.29) is 0 Å². The van der Waals surface area contributed by atoms with Crippen LogP contribution >= 0.6 is 0 Å². The van der Waals surface area contributed by atoms with E-state index >= 15 is 0 Å². The largest absolute Gasteiger partial charge is 0.480 e. The van der Waals surface area contributed by atoms with Crippen molar-refractivity contribution in [2.45, 2.75) is 32.4 Å². The van der Waals surface area contributed by atoms with Gasteiger partial charge in [-0.1, -0.05) is 0 Å². The van der Waals surface area contributed by atoms with Crippen molar-refractivity contribution in [2.24, 2.45) is 0 Å². The van der Waals surface area contributed by atoms with Gasteiger partial charge in [0.25, 0.3) is 10.1 Å². The quantitative estimate of drug-likeness (QED) is 0.568. The van der Waals surface area contributed by atoms with Crippen LogP contribution < -0.4 is 5.32 Å². The van der Waals surface area contributed by atoms with Crippen LogP contribution in [0.1, 0.15) is 20.8 Å². The van der Waals surface area contributed by atoms with Crippen molar-refractivity contribution in [3.63, 3.8) is 0 Å². The van der Waals surface area contributed by atoms with E-state index in [9.17, 15) is 13.2 Å². The van der Waals surface area contributed by atoms with Crippen LogP contribution in [0.15, 0.2) is 0 Å². The number of hydrogen-bond acceptors (Lipinski definition) is 4. The highest BCUT2D eigenvalue weighted by atomic mass is 32.2. The Hall–Kier alpha value is -0.660. The Kier molecular flexibility index (Phi) is 4.04. The zero-order valence-corrected chi connectivity index (χ0v) is 9.13. The average Bonchev–Trinajstić information content (AvgIpc) is 1.78. The van der Waals surface area contributed by atoms with Crippen molar-refractivity contribution in [1.29, 1.82) is 0 Å². The maximum atomic E-state index is 10.6. The van der Waals surface area contributed by atoms with Gasteiger partial charge in [-0.2, -0.15) is 8.42 Å². The van der Waals surface area contributed by atoms with E-state index in [0.29, 0.717) is 0 Å². The molecule has 0 heterocycles. The maximum Gasteiger partial charge on any atom is 0.321 e. The third-order valence-corrected chi connectivity index (χ3v) is 2.04. The molecule has 0 aliphatic rings. The Balaban J connectivity index is 4.56. The fraction of sp³-hybridized carbons (Fsp3) is 0.857. The molecule has 0 saturated heterocycles. The number of aliphatic carboxylic acids is 1. The fourth-order valence-electron chi connectivity index (χ4n) is 0.908. The summed E-state index contributed by atoms with van der Waals surface area (Å²) in [6.45, 7) is 5.10. The normalized spacial score (nSPS) is 15.1. The summed E-state index contributed by atoms with van der Waals surface area (Å²) in [5.74, 6) is -2.14. The highest BCUT2D eigenvalue weighted by Gasteiger charge is 2.27. The third kappa shape index (κ3) is 6.81. The SMILES string of the molecule is CC(C)(C)NC(CS(=O)(=O)O)C(=O)O. The second-order valence-electron chi connectivity index (χ2n) is 4.03. The van der Waals surface area contributed by atoms with Crippen molar-refractivity contribution in [3.05, 3.63) is 0 Å². The van der Waals surface area contributed by atoms with Crippen LogP contribution in [0.25, 0.3) is 0 Å². The van der Waals surface area contributed by atoms with E-state index in [1.165, 1.54) is 0 Å². The fourth-order valence-corrected chi connectivity index (χ4v) is 1.56. The molecule has 0 aromatic heterocycles. The molecule has 14 heavy (non-hydrogen) atoms. The molecule has 7 heteroatoms. The van der Waals surface area contributed by atoms with Gasteiger partial charge in [0.2, 0.25) is 0 Å². The van der Waals surface area contributed by atoms with Gasteiger partial charge in [0.1, 0.15) is 11.8 Å². The van der Waals surface area contributed by atoms with Crippen molar-refractivity contribution >= 4 is 16.1 Å². The van der Waals surface area contributed by atoms with Crippen LogP contribution in [0, 0.1) is 0 Å². The summed E-state index contributed by atoms with van der Waals surface area (Å²) in [7, 11) is -4.28. The van der Waals surface area contributed by atoms with E-state index < -0.39 is 33.4 Å². The Morgan fingerprint density at radius 2 is 1.86 bits per heavy atom. The van der Waals surface area contributed by atoms with E-state index in [4.69, 9.17) is 9.66 Å². The van der Waals surface area contributed by atoms with E-state index in [0.717, 1.165) is 0 Å². The smallest absolute Gasteiger partial charge is 0.321 e. The molecule has 0 amide bonds. The Morgan fingerprint density at radius 3 is 2.07 bits per heavy atom. The van der Waals surface area contributed by atoms with Gasteiger partial charge in [-0.25, -0.2) is 0 Å². The molecule has 1 atom stereocenters. The van der Waals surface area contributed by atoms with Crippen molar-refractivity contribution in [2.75, 3.05) is 5.75 Å². The molecular formula is C7H15NO5S. The first-order valence-corrected chi connectivity index (χ1v) is 5.58. The van der Waals surface area contributed by atoms with Gasteiger partial charge in [-0.05, 0) is 20.8 Å². The second-order valence-corrected chi connectivity index (χ2v) is 5.53. The lowest BCUT2D eigenvalue weighted by molar-refractivity contribution is -0.139. The number of carbonyl (C=O) groups is 1. The molecule has 0 spiro atoms. The molecule has 0 aromatic rings. The Morgan fingerprint density at radius 1 is 1.43 bits per heavy atom. The molecule has 84 valence electrons. The lowest BCUT2D eigenvalue weighted by Crippen LogP contribution is -2.50. The number of carboxylic acid groups (broad SMARTS) is 1. The molecule has 0 aromatic carbocycles. The molecule has 1 unspecified atom stereocenters. The van der Waals surface area contributed by atoms with Gasteiger partial charge in [0.15, 0.2) is 0 Å². The lowest BCUT2D eigenvalue weighted by atomic mass is 10.1. The number of rotatable bonds is 4. The highest BCUT2D eigenvalue weighted by Crippen LogP contribution is 2.03. The minimum Gasteiger partial charge on any atom is -0.480 e. The van der Waals surface area contributed by atoms with Crippen LogP contribution in [0.4, 0.5) is 0 Å². The molecule has 3 N–H and O–H groups in total. The van der Waals surface area contributed by atoms with Crippen molar-refractivity contribution in [1.82, 2.24) is 5.32 Å². The molecule has 0 fully saturated rings. The van der Waals surface area contributed by atoms with Crippen LogP contribution in [0.2, 0.25) is 0 Å². The monoisotopic (exact) mass is 225 g/mol. The van der Waals surface area contributed by atoms with Crippen molar-refractivity contribution < 1.29 is 22.9 Å². The minimum absolute atomic E-state index is 0.534. The predicted octanol–water partition coefficient (Wildman–Crippen LogP) is -0.284. The van der Waals surface area contributed by atoms with Crippen LogP contribution in [-0.2, 0) is 14.9 Å². The van der Waals surface area contributed by atoms with E-state index in [1.807, 2.05) is 0 Å². The predicted molar refractivity (Wildman–Crippen MR) is 50.7 cm³/mol. The summed E-state index contributed by atoms with van der Waals surface area (Å²) in [5, 5.41) is 11.2. The number of hydrogen-bond donors (Lipinski definition) is 3. The Bertz CT molecular complexity index is 303. The zero-order valence-electron chi connectivity index (χ0n) is 8.31. The van der Waals surface area contributed by atoms with Gasteiger partial charge < -0.3 is 5.11 Å². The molecule has 0 bridgehead atoms. The van der Waals surface area contributed by atoms with Gasteiger partial charge in [-0.15, -0.1) is 0 Å². The molecule has 0 aliphatic heterocycles. The average molecular weight is 225 g/mol. The highest BCUT2D eigenvalue weighted by molar-refractivity contribution is 7.85. The zero-order chi connectivity index (χ0) is 11.6. The summed E-state index contributed by atoms with van der Waals surface area (Å²) in [5.41, 5.74) is -0.534. The van der Waals surface area contributed by atoms with Crippen LogP contribution in [0.3, 0.4) is 0 Å². The summed E-state index contributed by atoms with van der Waals surface area (Å²) >= 11 is 0. The molecule has 0 aliphatic carbocycles. The minimum atomic E-state index is -4.28. The summed E-state index contributed by atoms with van der Waals surface area (Å²) in [6.07, 6.45) is 0.